The lowest BCUT2D eigenvalue weighted by Gasteiger charge is -2.35. The molecule has 0 spiro atoms. The molecule has 1 fully saturated rings. The number of aromatic nitrogens is 5. The third-order valence-corrected chi connectivity index (χ3v) is 6.13. The number of benzene rings is 2. The molecule has 3 heterocycles. The molecular weight excluding hydrogens is 414 g/mol. The van der Waals surface area contributed by atoms with Crippen LogP contribution in [0.1, 0.15) is 24.0 Å². The maximum Gasteiger partial charge on any atom is 0.222 e. The molecule has 0 atom stereocenters. The van der Waals surface area contributed by atoms with Gasteiger partial charge in [0.2, 0.25) is 5.91 Å². The van der Waals surface area contributed by atoms with Crippen LogP contribution < -0.4 is 4.90 Å². The summed E-state index contributed by atoms with van der Waals surface area (Å²) in [5.74, 6) is 0.998. The van der Waals surface area contributed by atoms with Crippen LogP contribution >= 0.6 is 0 Å². The molecule has 0 radical (unpaired) electrons. The number of anilines is 1. The van der Waals surface area contributed by atoms with Crippen LogP contribution in [0.4, 0.5) is 5.82 Å². The number of hydrogen-bond acceptors (Lipinski definition) is 6. The van der Waals surface area contributed by atoms with Gasteiger partial charge in [0.1, 0.15) is 6.33 Å². The van der Waals surface area contributed by atoms with E-state index < -0.39 is 0 Å². The molecule has 5 rings (SSSR count). The van der Waals surface area contributed by atoms with Crippen molar-refractivity contribution in [1.82, 2.24) is 29.9 Å². The summed E-state index contributed by atoms with van der Waals surface area (Å²) < 4.78 is 1.74. The summed E-state index contributed by atoms with van der Waals surface area (Å²) in [6.45, 7) is 4.85. The van der Waals surface area contributed by atoms with Gasteiger partial charge in [0.05, 0.1) is 5.69 Å². The zero-order valence-electron chi connectivity index (χ0n) is 18.8. The molecule has 1 aliphatic rings. The van der Waals surface area contributed by atoms with E-state index in [9.17, 15) is 4.79 Å². The Morgan fingerprint density at radius 3 is 2.45 bits per heavy atom. The zero-order chi connectivity index (χ0) is 22.6. The summed E-state index contributed by atoms with van der Waals surface area (Å²) >= 11 is 0. The van der Waals surface area contributed by atoms with Crippen molar-refractivity contribution in [2.75, 3.05) is 31.1 Å². The summed E-state index contributed by atoms with van der Waals surface area (Å²) in [5, 5.41) is 8.71. The van der Waals surface area contributed by atoms with Crippen molar-refractivity contribution in [3.63, 3.8) is 0 Å². The van der Waals surface area contributed by atoms with E-state index in [1.54, 1.807) is 11.0 Å². The van der Waals surface area contributed by atoms with Crippen LogP contribution in [-0.4, -0.2) is 61.9 Å². The van der Waals surface area contributed by atoms with Crippen LogP contribution in [0.3, 0.4) is 0 Å². The molecule has 1 aliphatic heterocycles. The van der Waals surface area contributed by atoms with Gasteiger partial charge >= 0.3 is 0 Å². The molecule has 0 N–H and O–H groups in total. The topological polar surface area (TPSA) is 80.0 Å². The van der Waals surface area contributed by atoms with Crippen LogP contribution in [0.5, 0.6) is 0 Å². The summed E-state index contributed by atoms with van der Waals surface area (Å²) in [4.78, 5) is 25.8. The number of amides is 1. The van der Waals surface area contributed by atoms with Crippen LogP contribution in [0.15, 0.2) is 60.9 Å². The molecule has 8 nitrogen and oxygen atoms in total. The maximum absolute atomic E-state index is 12.7. The number of hydrogen-bond donors (Lipinski definition) is 0. The lowest BCUT2D eigenvalue weighted by molar-refractivity contribution is -0.131. The van der Waals surface area contributed by atoms with E-state index in [1.807, 2.05) is 47.4 Å². The summed E-state index contributed by atoms with van der Waals surface area (Å²) in [6.07, 6.45) is 3.95. The highest BCUT2D eigenvalue weighted by molar-refractivity contribution is 5.84. The van der Waals surface area contributed by atoms with Gasteiger partial charge in [0.25, 0.3) is 0 Å². The lowest BCUT2D eigenvalue weighted by atomic mass is 10.1. The van der Waals surface area contributed by atoms with E-state index in [0.717, 1.165) is 24.3 Å². The van der Waals surface area contributed by atoms with Gasteiger partial charge in [-0.05, 0) is 37.5 Å². The Kier molecular flexibility index (Phi) is 5.97. The minimum absolute atomic E-state index is 0.226. The van der Waals surface area contributed by atoms with Gasteiger partial charge in [-0.1, -0.05) is 53.2 Å². The van der Waals surface area contributed by atoms with Crippen molar-refractivity contribution in [3.05, 3.63) is 72.1 Å². The van der Waals surface area contributed by atoms with Gasteiger partial charge in [-0.2, -0.15) is 4.68 Å². The molecule has 4 aromatic rings. The molecule has 1 saturated heterocycles. The highest BCUT2D eigenvalue weighted by Gasteiger charge is 2.24. The average molecular weight is 442 g/mol. The van der Waals surface area contributed by atoms with E-state index >= 15 is 0 Å². The third kappa shape index (κ3) is 4.55. The average Bonchev–Trinajstić information content (AvgIpc) is 3.30. The molecule has 0 unspecified atom stereocenters. The highest BCUT2D eigenvalue weighted by atomic mass is 16.2. The second-order valence-corrected chi connectivity index (χ2v) is 8.41. The second kappa shape index (κ2) is 9.36. The van der Waals surface area contributed by atoms with Crippen molar-refractivity contribution in [2.24, 2.45) is 0 Å². The van der Waals surface area contributed by atoms with Crippen molar-refractivity contribution in [3.8, 4) is 5.69 Å². The first-order valence-corrected chi connectivity index (χ1v) is 11.4. The van der Waals surface area contributed by atoms with Crippen LogP contribution in [-0.2, 0) is 11.2 Å². The molecule has 33 heavy (non-hydrogen) atoms. The largest absolute Gasteiger partial charge is 0.351 e. The summed E-state index contributed by atoms with van der Waals surface area (Å²) in [7, 11) is 0. The van der Waals surface area contributed by atoms with Crippen molar-refractivity contribution < 1.29 is 4.79 Å². The van der Waals surface area contributed by atoms with Gasteiger partial charge in [-0.25, -0.2) is 9.97 Å². The Labute approximate surface area is 192 Å². The first kappa shape index (κ1) is 21.1. The zero-order valence-corrected chi connectivity index (χ0v) is 18.8. The van der Waals surface area contributed by atoms with Crippen molar-refractivity contribution in [1.29, 1.82) is 0 Å². The Balaban J connectivity index is 1.22. The Hall–Kier alpha value is -3.81. The van der Waals surface area contributed by atoms with Crippen LogP contribution in [0.2, 0.25) is 0 Å². The van der Waals surface area contributed by atoms with E-state index in [0.29, 0.717) is 43.8 Å². The monoisotopic (exact) mass is 441 g/mol. The number of nitrogens with zero attached hydrogens (tertiary/aromatic N) is 7. The molecule has 0 saturated carbocycles. The Morgan fingerprint density at radius 1 is 0.939 bits per heavy atom. The molecule has 1 amide bonds. The van der Waals surface area contributed by atoms with Gasteiger partial charge in [-0.3, -0.25) is 4.79 Å². The smallest absolute Gasteiger partial charge is 0.222 e. The van der Waals surface area contributed by atoms with Crippen molar-refractivity contribution >= 4 is 22.9 Å². The third-order valence-electron chi connectivity index (χ3n) is 6.13. The first-order chi connectivity index (χ1) is 16.2. The van der Waals surface area contributed by atoms with E-state index in [-0.39, 0.29) is 5.91 Å². The highest BCUT2D eigenvalue weighted by Crippen LogP contribution is 2.24. The molecule has 2 aromatic carbocycles. The predicted octanol–water partition coefficient (Wildman–Crippen LogP) is 3.19. The number of fused-ring (bicyclic) bond motifs is 1. The lowest BCUT2D eigenvalue weighted by Crippen LogP contribution is -2.49. The molecule has 0 aliphatic carbocycles. The molecule has 8 heteroatoms. The minimum Gasteiger partial charge on any atom is -0.351 e. The maximum atomic E-state index is 12.7. The minimum atomic E-state index is 0.226. The van der Waals surface area contributed by atoms with Crippen molar-refractivity contribution in [2.45, 2.75) is 26.2 Å². The molecule has 168 valence electrons. The number of rotatable bonds is 6. The Bertz CT molecular complexity index is 1230. The van der Waals surface area contributed by atoms with E-state index in [1.165, 1.54) is 11.1 Å². The number of aryl methyl sites for hydroxylation is 2. The molecule has 0 bridgehead atoms. The normalized spacial score (nSPS) is 14.1. The van der Waals surface area contributed by atoms with Gasteiger partial charge in [-0.15, -0.1) is 5.10 Å². The van der Waals surface area contributed by atoms with Crippen LogP contribution in [0, 0.1) is 6.92 Å². The SMILES string of the molecule is Cc1ccc(-n2nnc3c(N4CCN(C(=O)CCCc5ccccc5)CC4)ncnc32)cc1. The standard InChI is InChI=1S/C25H27N7O/c1-19-10-12-21(13-11-19)32-25-23(28-29-32)24(26-18-27-25)31-16-14-30(15-17-31)22(33)9-5-8-20-6-3-2-4-7-20/h2-4,6-7,10-13,18H,5,8-9,14-17H2,1H3. The fourth-order valence-corrected chi connectivity index (χ4v) is 4.24. The van der Waals surface area contributed by atoms with Gasteiger partial charge in [0.15, 0.2) is 17.0 Å². The van der Waals surface area contributed by atoms with Gasteiger partial charge < -0.3 is 9.80 Å². The van der Waals surface area contributed by atoms with Gasteiger partial charge in [0, 0.05) is 32.6 Å². The fourth-order valence-electron chi connectivity index (χ4n) is 4.24. The number of piperazine rings is 1. The quantitative estimate of drug-likeness (QED) is 0.457. The van der Waals surface area contributed by atoms with Crippen LogP contribution in [0.25, 0.3) is 16.9 Å². The summed E-state index contributed by atoms with van der Waals surface area (Å²) in [5.41, 5.74) is 4.75. The predicted molar refractivity (Wildman–Crippen MR) is 127 cm³/mol. The fraction of sp³-hybridized carbons (Fsp3) is 0.320. The summed E-state index contributed by atoms with van der Waals surface area (Å²) in [6, 6.07) is 18.4. The number of carbonyl (C=O) groups excluding carboxylic acids is 1. The molecule has 2 aromatic heterocycles. The number of carbonyl (C=O) groups is 1. The van der Waals surface area contributed by atoms with E-state index in [4.69, 9.17) is 0 Å². The Morgan fingerprint density at radius 2 is 1.70 bits per heavy atom. The second-order valence-electron chi connectivity index (χ2n) is 8.41. The van der Waals surface area contributed by atoms with E-state index in [2.05, 4.69) is 44.2 Å². The first-order valence-electron chi connectivity index (χ1n) is 11.4. The molecular formula is C25H27N7O.